The minimum atomic E-state index is -4.84. The molecule has 2 N–H and O–H groups in total. The highest BCUT2D eigenvalue weighted by atomic mass is 32.2. The first-order chi connectivity index (χ1) is 9.42. The van der Waals surface area contributed by atoms with Crippen molar-refractivity contribution in [3.8, 4) is 5.75 Å². The van der Waals surface area contributed by atoms with Crippen molar-refractivity contribution in [3.63, 3.8) is 0 Å². The van der Waals surface area contributed by atoms with E-state index in [0.717, 1.165) is 18.2 Å². The molecule has 0 saturated heterocycles. The second-order valence-corrected chi connectivity index (χ2v) is 7.09. The Hall–Kier alpha value is -1.15. The minimum absolute atomic E-state index is 0.0651. The van der Waals surface area contributed by atoms with Gasteiger partial charge in [-0.2, -0.15) is 0 Å². The van der Waals surface area contributed by atoms with Gasteiger partial charge in [0.1, 0.15) is 11.6 Å². The summed E-state index contributed by atoms with van der Waals surface area (Å²) >= 11 is 0. The number of alkyl halides is 3. The molecule has 0 amide bonds. The largest absolute Gasteiger partial charge is 0.573 e. The van der Waals surface area contributed by atoms with Crippen LogP contribution in [0.5, 0.6) is 5.75 Å². The Morgan fingerprint density at radius 2 is 1.90 bits per heavy atom. The van der Waals surface area contributed by atoms with Gasteiger partial charge in [0.25, 0.3) is 0 Å². The predicted octanol–water partition coefficient (Wildman–Crippen LogP) is 3.62. The fourth-order valence-electron chi connectivity index (χ4n) is 2.03. The lowest BCUT2D eigenvalue weighted by atomic mass is 9.91. The number of halogens is 4. The molecule has 0 aliphatic carbocycles. The average molecular weight is 327 g/mol. The van der Waals surface area contributed by atoms with Crippen molar-refractivity contribution < 1.29 is 26.5 Å². The smallest absolute Gasteiger partial charge is 0.406 e. The highest BCUT2D eigenvalue weighted by molar-refractivity contribution is 7.84. The van der Waals surface area contributed by atoms with E-state index in [1.807, 2.05) is 0 Å². The molecule has 120 valence electrons. The van der Waals surface area contributed by atoms with Crippen LogP contribution in [-0.4, -0.2) is 15.3 Å². The summed E-state index contributed by atoms with van der Waals surface area (Å²) in [7, 11) is -1.63. The van der Waals surface area contributed by atoms with Gasteiger partial charge >= 0.3 is 6.36 Å². The van der Waals surface area contributed by atoms with Gasteiger partial charge in [-0.15, -0.1) is 13.2 Å². The van der Waals surface area contributed by atoms with E-state index in [1.165, 1.54) is 0 Å². The molecule has 1 rings (SSSR count). The third-order valence-electron chi connectivity index (χ3n) is 3.07. The molecule has 1 unspecified atom stereocenters. The molecule has 8 heteroatoms. The molecule has 0 saturated carbocycles. The van der Waals surface area contributed by atoms with E-state index in [9.17, 15) is 21.8 Å². The van der Waals surface area contributed by atoms with Crippen LogP contribution in [0.1, 0.15) is 38.7 Å². The van der Waals surface area contributed by atoms with Gasteiger partial charge in [0.2, 0.25) is 0 Å². The van der Waals surface area contributed by atoms with Crippen LogP contribution in [0.2, 0.25) is 0 Å². The van der Waals surface area contributed by atoms with Gasteiger partial charge < -0.3 is 4.74 Å². The van der Waals surface area contributed by atoms with Gasteiger partial charge in [-0.05, 0) is 49.9 Å². The van der Waals surface area contributed by atoms with Crippen LogP contribution in [0.4, 0.5) is 17.6 Å². The van der Waals surface area contributed by atoms with Crippen LogP contribution in [-0.2, 0) is 11.0 Å². The maximum absolute atomic E-state index is 13.8. The summed E-state index contributed by atoms with van der Waals surface area (Å²) in [5, 5.41) is 5.35. The fourth-order valence-corrected chi connectivity index (χ4v) is 2.44. The zero-order valence-corrected chi connectivity index (χ0v) is 12.6. The molecule has 0 heterocycles. The van der Waals surface area contributed by atoms with Gasteiger partial charge in [-0.1, -0.05) is 6.92 Å². The molecule has 3 nitrogen and oxygen atoms in total. The number of rotatable bonds is 5. The number of ether oxygens (including phenoxy) is 1. The summed E-state index contributed by atoms with van der Waals surface area (Å²) in [5.74, 6) is -1.60. The fraction of sp³-hybridized carbons (Fsp3) is 0.538. The lowest BCUT2D eigenvalue weighted by Gasteiger charge is -2.25. The maximum Gasteiger partial charge on any atom is 0.573 e. The summed E-state index contributed by atoms with van der Waals surface area (Å²) in [4.78, 5) is 0. The molecular formula is C13H17F4NO2S. The van der Waals surface area contributed by atoms with Gasteiger partial charge in [-0.25, -0.2) is 8.60 Å². The minimum Gasteiger partial charge on any atom is -0.406 e. The topological polar surface area (TPSA) is 52.3 Å². The molecule has 0 aliphatic heterocycles. The van der Waals surface area contributed by atoms with Crippen LogP contribution < -0.4 is 9.88 Å². The average Bonchev–Trinajstić information content (AvgIpc) is 2.28. The monoisotopic (exact) mass is 327 g/mol. The number of hydrogen-bond donors (Lipinski definition) is 1. The Morgan fingerprint density at radius 1 is 1.33 bits per heavy atom. The number of benzene rings is 1. The van der Waals surface area contributed by atoms with Crippen LogP contribution in [0.25, 0.3) is 0 Å². The van der Waals surface area contributed by atoms with E-state index in [4.69, 9.17) is 5.14 Å². The van der Waals surface area contributed by atoms with Crippen LogP contribution >= 0.6 is 0 Å². The van der Waals surface area contributed by atoms with E-state index in [-0.39, 0.29) is 12.0 Å². The summed E-state index contributed by atoms with van der Waals surface area (Å²) in [6, 6.07) is 2.83. The van der Waals surface area contributed by atoms with Crippen molar-refractivity contribution in [3.05, 3.63) is 29.6 Å². The van der Waals surface area contributed by atoms with E-state index in [1.54, 1.807) is 20.8 Å². The predicted molar refractivity (Wildman–Crippen MR) is 72.5 cm³/mol. The van der Waals surface area contributed by atoms with Crippen LogP contribution in [0.3, 0.4) is 0 Å². The molecule has 1 aromatic carbocycles. The van der Waals surface area contributed by atoms with Gasteiger partial charge in [0, 0.05) is 0 Å². The first-order valence-electron chi connectivity index (χ1n) is 6.14. The molecule has 0 radical (unpaired) electrons. The molecule has 0 fully saturated rings. The van der Waals surface area contributed by atoms with Crippen molar-refractivity contribution in [2.24, 2.45) is 5.14 Å². The van der Waals surface area contributed by atoms with Gasteiger partial charge in [0.05, 0.1) is 15.7 Å². The Balaban J connectivity index is 3.01. The van der Waals surface area contributed by atoms with Crippen molar-refractivity contribution in [2.75, 3.05) is 0 Å². The van der Waals surface area contributed by atoms with E-state index in [2.05, 4.69) is 4.74 Å². The van der Waals surface area contributed by atoms with Crippen LogP contribution in [0, 0.1) is 5.82 Å². The Kier molecular flexibility index (Phi) is 5.38. The molecule has 0 spiro atoms. The highest BCUT2D eigenvalue weighted by Gasteiger charge is 2.32. The Labute approximate surface area is 123 Å². The van der Waals surface area contributed by atoms with Gasteiger partial charge in [-0.3, -0.25) is 5.14 Å². The lowest BCUT2D eigenvalue weighted by molar-refractivity contribution is -0.274. The van der Waals surface area contributed by atoms with E-state index in [0.29, 0.717) is 0 Å². The number of nitrogens with two attached hydrogens (primary N) is 1. The molecule has 1 aromatic rings. The maximum atomic E-state index is 13.8. The van der Waals surface area contributed by atoms with Crippen molar-refractivity contribution >= 4 is 11.0 Å². The van der Waals surface area contributed by atoms with E-state index >= 15 is 0 Å². The van der Waals surface area contributed by atoms with Crippen molar-refractivity contribution in [1.29, 1.82) is 0 Å². The molecular weight excluding hydrogens is 310 g/mol. The third kappa shape index (κ3) is 5.28. The molecule has 0 aromatic heterocycles. The first kappa shape index (κ1) is 17.9. The molecule has 2 atom stereocenters. The zero-order chi connectivity index (χ0) is 16.4. The molecule has 0 aliphatic rings. The summed E-state index contributed by atoms with van der Waals surface area (Å²) in [6.07, 6.45) is -4.58. The molecule has 0 bridgehead atoms. The zero-order valence-electron chi connectivity index (χ0n) is 11.8. The third-order valence-corrected chi connectivity index (χ3v) is 4.33. The summed E-state index contributed by atoms with van der Waals surface area (Å²) < 4.78 is 64.7. The van der Waals surface area contributed by atoms with Crippen molar-refractivity contribution in [1.82, 2.24) is 0 Å². The quantitative estimate of drug-likeness (QED) is 0.840. The second-order valence-electron chi connectivity index (χ2n) is 5.39. The summed E-state index contributed by atoms with van der Waals surface area (Å²) in [6.45, 7) is 4.92. The second kappa shape index (κ2) is 6.31. The Morgan fingerprint density at radius 3 is 2.38 bits per heavy atom. The summed E-state index contributed by atoms with van der Waals surface area (Å²) in [5.41, 5.74) is 0.0651. The van der Waals surface area contributed by atoms with Crippen molar-refractivity contribution in [2.45, 2.75) is 44.2 Å². The molecule has 21 heavy (non-hydrogen) atoms. The standard InChI is InChI=1S/C13H17F4NO2S/c1-8(7-12(2,3)21(18)19)10-6-9(4-5-11(10)14)20-13(15,16)17/h4-6,8H,7,18H2,1-3H3/t8-,21?/m1/s1. The first-order valence-corrected chi connectivity index (χ1v) is 7.35. The van der Waals surface area contributed by atoms with Gasteiger partial charge in [0.15, 0.2) is 0 Å². The van der Waals surface area contributed by atoms with Crippen LogP contribution in [0.15, 0.2) is 18.2 Å². The lowest BCUT2D eigenvalue weighted by Crippen LogP contribution is -2.33. The van der Waals surface area contributed by atoms with E-state index < -0.39 is 39.6 Å². The SMILES string of the molecule is C[C@H](CC(C)(C)S(N)=O)c1cc(OC(F)(F)F)ccc1F. The highest BCUT2D eigenvalue weighted by Crippen LogP contribution is 2.33. The number of hydrogen-bond acceptors (Lipinski definition) is 2. The normalized spacial score (nSPS) is 15.6. The Bertz CT molecular complexity index is 531.